The number of benzene rings is 1. The largest absolute Gasteiger partial charge is 0.493 e. The van der Waals surface area contributed by atoms with E-state index >= 15 is 0 Å². The molecular formula is C26H30ClF3N2O2Si. The van der Waals surface area contributed by atoms with Crippen molar-refractivity contribution in [1.29, 1.82) is 0 Å². The van der Waals surface area contributed by atoms with Gasteiger partial charge in [-0.1, -0.05) is 43.4 Å². The highest BCUT2D eigenvalue weighted by molar-refractivity contribution is 6.76. The van der Waals surface area contributed by atoms with Crippen LogP contribution in [0.15, 0.2) is 42.7 Å². The molecule has 2 heterocycles. The predicted octanol–water partition coefficient (Wildman–Crippen LogP) is 7.78. The van der Waals surface area contributed by atoms with Crippen molar-refractivity contribution >= 4 is 30.6 Å². The monoisotopic (exact) mass is 522 g/mol. The molecule has 0 saturated heterocycles. The lowest BCUT2D eigenvalue weighted by Gasteiger charge is -2.70. The summed E-state index contributed by atoms with van der Waals surface area (Å²) in [7, 11) is -1.18. The summed E-state index contributed by atoms with van der Waals surface area (Å²) in [6.07, 6.45) is 0.125. The van der Waals surface area contributed by atoms with E-state index in [0.717, 1.165) is 28.1 Å². The maximum Gasteiger partial charge on any atom is 0.394 e. The molecule has 0 N–H and O–H groups in total. The summed E-state index contributed by atoms with van der Waals surface area (Å²) in [6.45, 7) is 8.40. The van der Waals surface area contributed by atoms with Gasteiger partial charge in [0.05, 0.1) is 17.5 Å². The fraction of sp³-hybridized carbons (Fsp3) is 0.500. The number of hydrogen-bond acceptors (Lipinski definition) is 3. The maximum atomic E-state index is 13.1. The normalized spacial score (nSPS) is 23.7. The van der Waals surface area contributed by atoms with E-state index in [0.29, 0.717) is 30.8 Å². The van der Waals surface area contributed by atoms with Gasteiger partial charge in [-0.2, -0.15) is 13.2 Å². The van der Waals surface area contributed by atoms with Crippen LogP contribution in [-0.2, 0) is 11.5 Å². The Morgan fingerprint density at radius 3 is 2.57 bits per heavy atom. The number of rotatable bonds is 9. The van der Waals surface area contributed by atoms with Crippen LogP contribution in [0.3, 0.4) is 0 Å². The Labute approximate surface area is 209 Å². The Hall–Kier alpha value is -2.03. The molecule has 3 saturated carbocycles. The zero-order chi connectivity index (χ0) is 25.1. The summed E-state index contributed by atoms with van der Waals surface area (Å²) in [6, 6.07) is 10.6. The first-order valence-electron chi connectivity index (χ1n) is 11.9. The Kier molecular flexibility index (Phi) is 6.00. The Morgan fingerprint density at radius 2 is 1.89 bits per heavy atom. The summed E-state index contributed by atoms with van der Waals surface area (Å²) in [5.74, 6) is 0.639. The third-order valence-corrected chi connectivity index (χ3v) is 9.40. The van der Waals surface area contributed by atoms with E-state index in [1.807, 2.05) is 41.1 Å². The minimum absolute atomic E-state index is 0.176. The van der Waals surface area contributed by atoms with E-state index in [-0.39, 0.29) is 24.7 Å². The zero-order valence-corrected chi connectivity index (χ0v) is 22.0. The van der Waals surface area contributed by atoms with Crippen LogP contribution in [0.25, 0.3) is 22.0 Å². The van der Waals surface area contributed by atoms with Crippen molar-refractivity contribution in [3.8, 4) is 16.9 Å². The van der Waals surface area contributed by atoms with Crippen LogP contribution >= 0.6 is 11.6 Å². The average Bonchev–Trinajstić information content (AvgIpc) is 3.08. The van der Waals surface area contributed by atoms with E-state index in [4.69, 9.17) is 21.1 Å². The topological polar surface area (TPSA) is 36.3 Å². The second-order valence-electron chi connectivity index (χ2n) is 11.5. The molecule has 0 unspecified atom stereocenters. The van der Waals surface area contributed by atoms with Crippen LogP contribution in [-0.4, -0.2) is 37.0 Å². The quantitative estimate of drug-likeness (QED) is 0.163. The van der Waals surface area contributed by atoms with Gasteiger partial charge in [0.2, 0.25) is 0 Å². The minimum Gasteiger partial charge on any atom is -0.493 e. The van der Waals surface area contributed by atoms with Gasteiger partial charge >= 0.3 is 6.18 Å². The molecule has 188 valence electrons. The van der Waals surface area contributed by atoms with Crippen LogP contribution in [0.2, 0.25) is 30.8 Å². The van der Waals surface area contributed by atoms with E-state index in [2.05, 4.69) is 24.6 Å². The molecule has 4 nitrogen and oxygen atoms in total. The number of fused-ring (bicyclic) bond motifs is 1. The smallest absolute Gasteiger partial charge is 0.394 e. The molecule has 3 aliphatic rings. The van der Waals surface area contributed by atoms with Gasteiger partial charge < -0.3 is 14.0 Å². The Morgan fingerprint density at radius 1 is 1.14 bits per heavy atom. The molecule has 3 aromatic rings. The van der Waals surface area contributed by atoms with E-state index in [9.17, 15) is 13.2 Å². The average molecular weight is 523 g/mol. The standard InChI is InChI=1S/C26H30ClF3N2O2Si/c1-35(2,3)10-9-33-17-32-12-20(22-21(32)7-8-31-23(22)27)18-5-4-6-19(11-18)34-16-24-13-25(14-24,15-24)26(28,29)30/h4-8,11-12H,9-10,13-17H2,1-3H3. The van der Waals surface area contributed by atoms with Crippen molar-refractivity contribution in [2.45, 2.75) is 57.9 Å². The van der Waals surface area contributed by atoms with Gasteiger partial charge in [-0.15, -0.1) is 0 Å². The van der Waals surface area contributed by atoms with Crippen LogP contribution in [0.4, 0.5) is 13.2 Å². The molecule has 0 radical (unpaired) electrons. The van der Waals surface area contributed by atoms with Gasteiger partial charge in [-0.3, -0.25) is 0 Å². The van der Waals surface area contributed by atoms with Gasteiger partial charge in [-0.25, -0.2) is 4.98 Å². The van der Waals surface area contributed by atoms with Gasteiger partial charge in [0.25, 0.3) is 0 Å². The first kappa shape index (κ1) is 24.7. The fourth-order valence-electron chi connectivity index (χ4n) is 5.51. The zero-order valence-electron chi connectivity index (χ0n) is 20.2. The number of hydrogen-bond donors (Lipinski definition) is 0. The molecule has 1 aromatic carbocycles. The van der Waals surface area contributed by atoms with Crippen LogP contribution in [0, 0.1) is 10.8 Å². The SMILES string of the molecule is C[Si](C)(C)CCOCn1cc(-c2cccc(OCC34CC(C(F)(F)F)(C3)C4)c2)c2c(Cl)nccc21. The van der Waals surface area contributed by atoms with Gasteiger partial charge in [0.1, 0.15) is 17.6 Å². The fourth-order valence-corrected chi connectivity index (χ4v) is 6.53. The van der Waals surface area contributed by atoms with E-state index in [1.165, 1.54) is 0 Å². The predicted molar refractivity (Wildman–Crippen MR) is 135 cm³/mol. The molecule has 0 amide bonds. The third kappa shape index (κ3) is 4.60. The second kappa shape index (κ2) is 8.52. The highest BCUT2D eigenvalue weighted by Gasteiger charge is 2.78. The Bertz CT molecular complexity index is 1230. The lowest BCUT2D eigenvalue weighted by atomic mass is 9.35. The van der Waals surface area contributed by atoms with Crippen molar-refractivity contribution in [2.75, 3.05) is 13.2 Å². The summed E-state index contributed by atoms with van der Waals surface area (Å²) < 4.78 is 53.4. The van der Waals surface area contributed by atoms with Crippen molar-refractivity contribution in [3.63, 3.8) is 0 Å². The molecule has 3 aliphatic carbocycles. The highest BCUT2D eigenvalue weighted by Crippen LogP contribution is 2.78. The molecule has 0 aliphatic heterocycles. The first-order chi connectivity index (χ1) is 16.4. The van der Waals surface area contributed by atoms with Crippen molar-refractivity contribution in [3.05, 3.63) is 47.9 Å². The van der Waals surface area contributed by atoms with E-state index in [1.54, 1.807) is 6.20 Å². The summed E-state index contributed by atoms with van der Waals surface area (Å²) in [4.78, 5) is 4.27. The molecule has 0 spiro atoms. The number of alkyl halides is 3. The Balaban J connectivity index is 1.32. The summed E-state index contributed by atoms with van der Waals surface area (Å²) in [5, 5.41) is 1.25. The maximum absolute atomic E-state index is 13.1. The van der Waals surface area contributed by atoms with Gasteiger partial charge in [-0.05, 0) is 49.1 Å². The molecule has 9 heteroatoms. The van der Waals surface area contributed by atoms with Crippen molar-refractivity contribution < 1.29 is 22.6 Å². The minimum atomic E-state index is -4.10. The number of pyridine rings is 1. The second-order valence-corrected chi connectivity index (χ2v) is 17.5. The summed E-state index contributed by atoms with van der Waals surface area (Å²) in [5.41, 5.74) is 0.972. The van der Waals surface area contributed by atoms with Crippen LogP contribution in [0.1, 0.15) is 19.3 Å². The van der Waals surface area contributed by atoms with Crippen LogP contribution < -0.4 is 4.74 Å². The number of nitrogens with zero attached hydrogens (tertiary/aromatic N) is 2. The molecule has 2 bridgehead atoms. The van der Waals surface area contributed by atoms with Crippen molar-refractivity contribution in [1.82, 2.24) is 9.55 Å². The molecule has 3 fully saturated rings. The number of ether oxygens (including phenoxy) is 2. The molecule has 6 rings (SSSR count). The van der Waals surface area contributed by atoms with Gasteiger partial charge in [0.15, 0.2) is 0 Å². The van der Waals surface area contributed by atoms with Crippen LogP contribution in [0.5, 0.6) is 5.75 Å². The molecular weight excluding hydrogens is 493 g/mol. The third-order valence-electron chi connectivity index (χ3n) is 7.40. The lowest BCUT2D eigenvalue weighted by molar-refractivity contribution is -0.367. The lowest BCUT2D eigenvalue weighted by Crippen LogP contribution is -2.69. The highest BCUT2D eigenvalue weighted by atomic mass is 35.5. The van der Waals surface area contributed by atoms with Gasteiger partial charge in [0, 0.05) is 43.4 Å². The summed E-state index contributed by atoms with van der Waals surface area (Å²) >= 11 is 6.51. The van der Waals surface area contributed by atoms with Crippen molar-refractivity contribution in [2.24, 2.45) is 10.8 Å². The number of halogens is 4. The number of aromatic nitrogens is 2. The molecule has 0 atom stereocenters. The molecule has 35 heavy (non-hydrogen) atoms. The van der Waals surface area contributed by atoms with E-state index < -0.39 is 19.7 Å². The molecule has 2 aromatic heterocycles. The first-order valence-corrected chi connectivity index (χ1v) is 16.0.